The molecule has 0 aromatic carbocycles. The normalized spacial score (nSPS) is 9.86. The molecule has 2 N–H and O–H groups in total. The smallest absolute Gasteiger partial charge is 0.252 e. The number of halogens is 1. The fourth-order valence-electron chi connectivity index (χ4n) is 0.956. The van der Waals surface area contributed by atoms with Crippen molar-refractivity contribution >= 4 is 17.5 Å². The van der Waals surface area contributed by atoms with Crippen LogP contribution in [0.15, 0.2) is 18.5 Å². The first kappa shape index (κ1) is 10.9. The van der Waals surface area contributed by atoms with Gasteiger partial charge in [0.1, 0.15) is 0 Å². The minimum Gasteiger partial charge on any atom is -0.351 e. The molecule has 0 saturated heterocycles. The van der Waals surface area contributed by atoms with Crippen LogP contribution in [0, 0.1) is 0 Å². The highest BCUT2D eigenvalue weighted by molar-refractivity contribution is 6.33. The molecule has 0 unspecified atom stereocenters. The van der Waals surface area contributed by atoms with Crippen LogP contribution in [0.5, 0.6) is 0 Å². The third kappa shape index (κ3) is 2.97. The Kier molecular flexibility index (Phi) is 4.35. The predicted molar refractivity (Wildman–Crippen MR) is 55.5 cm³/mol. The molecular weight excluding hydrogens is 202 g/mol. The number of hydrogen-bond donors (Lipinski definition) is 2. The van der Waals surface area contributed by atoms with Gasteiger partial charge in [0, 0.05) is 25.5 Å². The van der Waals surface area contributed by atoms with Gasteiger partial charge in [-0.3, -0.25) is 9.78 Å². The Morgan fingerprint density at radius 1 is 1.57 bits per heavy atom. The number of carbonyl (C=O) groups excluding carboxylic acids is 1. The van der Waals surface area contributed by atoms with Crippen molar-refractivity contribution < 1.29 is 4.79 Å². The lowest BCUT2D eigenvalue weighted by Gasteiger charge is -2.05. The van der Waals surface area contributed by atoms with Crippen LogP contribution in [-0.2, 0) is 0 Å². The first-order valence-electron chi connectivity index (χ1n) is 4.28. The van der Waals surface area contributed by atoms with Gasteiger partial charge in [-0.25, -0.2) is 0 Å². The molecule has 1 amide bonds. The number of aromatic nitrogens is 1. The van der Waals surface area contributed by atoms with Crippen molar-refractivity contribution in [1.82, 2.24) is 15.6 Å². The Bertz CT molecular complexity index is 317. The van der Waals surface area contributed by atoms with Crippen LogP contribution in [0.2, 0.25) is 5.02 Å². The number of hydrogen-bond acceptors (Lipinski definition) is 3. The Labute approximate surface area is 87.7 Å². The second kappa shape index (κ2) is 5.57. The summed E-state index contributed by atoms with van der Waals surface area (Å²) in [6.45, 7) is 1.31. The summed E-state index contributed by atoms with van der Waals surface area (Å²) < 4.78 is 0. The van der Waals surface area contributed by atoms with E-state index in [1.165, 1.54) is 6.20 Å². The molecule has 1 heterocycles. The van der Waals surface area contributed by atoms with Crippen LogP contribution in [-0.4, -0.2) is 31.0 Å². The largest absolute Gasteiger partial charge is 0.351 e. The number of rotatable bonds is 4. The molecule has 0 aliphatic carbocycles. The zero-order chi connectivity index (χ0) is 10.4. The molecule has 0 aliphatic rings. The first-order valence-corrected chi connectivity index (χ1v) is 4.66. The number of carbonyl (C=O) groups is 1. The average molecular weight is 214 g/mol. The maximum absolute atomic E-state index is 11.5. The quantitative estimate of drug-likeness (QED) is 0.724. The Morgan fingerprint density at radius 2 is 2.36 bits per heavy atom. The molecule has 0 radical (unpaired) electrons. The van der Waals surface area contributed by atoms with Gasteiger partial charge in [0.05, 0.1) is 10.6 Å². The number of nitrogens with zero attached hydrogens (tertiary/aromatic N) is 1. The van der Waals surface area contributed by atoms with E-state index in [4.69, 9.17) is 11.6 Å². The molecule has 1 aromatic rings. The number of nitrogens with one attached hydrogen (secondary N) is 2. The summed E-state index contributed by atoms with van der Waals surface area (Å²) in [4.78, 5) is 15.3. The van der Waals surface area contributed by atoms with E-state index in [0.29, 0.717) is 17.1 Å². The summed E-state index contributed by atoms with van der Waals surface area (Å²) in [5.74, 6) is -0.173. The van der Waals surface area contributed by atoms with E-state index in [1.54, 1.807) is 12.3 Å². The van der Waals surface area contributed by atoms with E-state index in [-0.39, 0.29) is 5.91 Å². The first-order chi connectivity index (χ1) is 6.75. The fraction of sp³-hybridized carbons (Fsp3) is 0.333. The molecule has 0 bridgehead atoms. The van der Waals surface area contributed by atoms with Crippen molar-refractivity contribution in [2.75, 3.05) is 20.1 Å². The SMILES string of the molecule is CNCCNC(=O)c1ccncc1Cl. The molecular formula is C9H12ClN3O. The fourth-order valence-corrected chi connectivity index (χ4v) is 1.16. The molecule has 1 rings (SSSR count). The maximum atomic E-state index is 11.5. The average Bonchev–Trinajstić information content (AvgIpc) is 2.18. The van der Waals surface area contributed by atoms with E-state index in [9.17, 15) is 4.79 Å². The van der Waals surface area contributed by atoms with E-state index in [1.807, 2.05) is 7.05 Å². The zero-order valence-electron chi connectivity index (χ0n) is 7.88. The molecule has 5 heteroatoms. The molecule has 0 aliphatic heterocycles. The van der Waals surface area contributed by atoms with Crippen molar-refractivity contribution in [2.45, 2.75) is 0 Å². The second-order valence-electron chi connectivity index (χ2n) is 2.71. The van der Waals surface area contributed by atoms with Crippen LogP contribution in [0.4, 0.5) is 0 Å². The summed E-state index contributed by atoms with van der Waals surface area (Å²) in [6.07, 6.45) is 2.99. The lowest BCUT2D eigenvalue weighted by Crippen LogP contribution is -2.30. The van der Waals surface area contributed by atoms with Crippen LogP contribution in [0.3, 0.4) is 0 Å². The van der Waals surface area contributed by atoms with Gasteiger partial charge in [-0.2, -0.15) is 0 Å². The van der Waals surface area contributed by atoms with Gasteiger partial charge in [0.25, 0.3) is 5.91 Å². The van der Waals surface area contributed by atoms with Crippen LogP contribution in [0.1, 0.15) is 10.4 Å². The summed E-state index contributed by atoms with van der Waals surface area (Å²) >= 11 is 5.79. The van der Waals surface area contributed by atoms with E-state index in [2.05, 4.69) is 15.6 Å². The molecule has 0 atom stereocenters. The summed E-state index contributed by atoms with van der Waals surface area (Å²) in [5.41, 5.74) is 0.456. The maximum Gasteiger partial charge on any atom is 0.252 e. The number of amides is 1. The third-order valence-electron chi connectivity index (χ3n) is 1.68. The Balaban J connectivity index is 2.56. The molecule has 76 valence electrons. The van der Waals surface area contributed by atoms with Gasteiger partial charge in [0.15, 0.2) is 0 Å². The number of pyridine rings is 1. The third-order valence-corrected chi connectivity index (χ3v) is 1.98. The molecule has 14 heavy (non-hydrogen) atoms. The lowest BCUT2D eigenvalue weighted by atomic mass is 10.2. The molecule has 1 aromatic heterocycles. The van der Waals surface area contributed by atoms with Crippen molar-refractivity contribution in [3.05, 3.63) is 29.0 Å². The minimum atomic E-state index is -0.173. The highest BCUT2D eigenvalue weighted by Crippen LogP contribution is 2.12. The molecule has 0 fully saturated rings. The molecule has 4 nitrogen and oxygen atoms in total. The van der Waals surface area contributed by atoms with Gasteiger partial charge < -0.3 is 10.6 Å². The Morgan fingerprint density at radius 3 is 3.00 bits per heavy atom. The van der Waals surface area contributed by atoms with Gasteiger partial charge in [0.2, 0.25) is 0 Å². The summed E-state index contributed by atoms with van der Waals surface area (Å²) in [7, 11) is 1.82. The lowest BCUT2D eigenvalue weighted by molar-refractivity contribution is 0.0954. The van der Waals surface area contributed by atoms with Crippen molar-refractivity contribution in [3.8, 4) is 0 Å². The van der Waals surface area contributed by atoms with Gasteiger partial charge in [-0.1, -0.05) is 11.6 Å². The van der Waals surface area contributed by atoms with Crippen LogP contribution < -0.4 is 10.6 Å². The van der Waals surface area contributed by atoms with E-state index < -0.39 is 0 Å². The highest BCUT2D eigenvalue weighted by atomic mass is 35.5. The van der Waals surface area contributed by atoms with Crippen molar-refractivity contribution in [2.24, 2.45) is 0 Å². The Hall–Kier alpha value is -1.13. The number of likely N-dealkylation sites (N-methyl/N-ethyl adjacent to an activating group) is 1. The highest BCUT2D eigenvalue weighted by Gasteiger charge is 2.08. The van der Waals surface area contributed by atoms with Crippen molar-refractivity contribution in [1.29, 1.82) is 0 Å². The standard InChI is InChI=1S/C9H12ClN3O/c1-11-4-5-13-9(14)7-2-3-12-6-8(7)10/h2-3,6,11H,4-5H2,1H3,(H,13,14). The van der Waals surface area contributed by atoms with Crippen LogP contribution >= 0.6 is 11.6 Å². The van der Waals surface area contributed by atoms with Crippen LogP contribution in [0.25, 0.3) is 0 Å². The predicted octanol–water partition coefficient (Wildman–Crippen LogP) is 0.684. The summed E-state index contributed by atoms with van der Waals surface area (Å²) in [5, 5.41) is 6.03. The molecule has 0 spiro atoms. The van der Waals surface area contributed by atoms with Gasteiger partial charge in [-0.05, 0) is 13.1 Å². The van der Waals surface area contributed by atoms with Gasteiger partial charge >= 0.3 is 0 Å². The molecule has 0 saturated carbocycles. The van der Waals surface area contributed by atoms with E-state index in [0.717, 1.165) is 6.54 Å². The van der Waals surface area contributed by atoms with Gasteiger partial charge in [-0.15, -0.1) is 0 Å². The monoisotopic (exact) mass is 213 g/mol. The van der Waals surface area contributed by atoms with Crippen molar-refractivity contribution in [3.63, 3.8) is 0 Å². The topological polar surface area (TPSA) is 54.0 Å². The van der Waals surface area contributed by atoms with E-state index >= 15 is 0 Å². The minimum absolute atomic E-state index is 0.173. The zero-order valence-corrected chi connectivity index (χ0v) is 8.64. The second-order valence-corrected chi connectivity index (χ2v) is 3.12. The summed E-state index contributed by atoms with van der Waals surface area (Å²) in [6, 6.07) is 1.59.